The predicted molar refractivity (Wildman–Crippen MR) is 84.1 cm³/mol. The number of benzene rings is 1. The van der Waals surface area contributed by atoms with E-state index in [1.807, 2.05) is 12.1 Å². The van der Waals surface area contributed by atoms with Gasteiger partial charge in [-0.25, -0.2) is 0 Å². The quantitative estimate of drug-likeness (QED) is 0.792. The first-order chi connectivity index (χ1) is 8.02. The molecule has 0 radical (unpaired) electrons. The van der Waals surface area contributed by atoms with Crippen LogP contribution in [0.4, 0.5) is 5.69 Å². The van der Waals surface area contributed by atoms with Crippen LogP contribution in [0.15, 0.2) is 32.1 Å². The summed E-state index contributed by atoms with van der Waals surface area (Å²) in [5.41, 5.74) is 1.14. The fraction of sp³-hybridized carbons (Fsp3) is 0.417. The number of halogens is 2. The van der Waals surface area contributed by atoms with E-state index in [2.05, 4.69) is 57.1 Å². The molecule has 2 rings (SSSR count). The Kier molecular flexibility index (Phi) is 4.21. The van der Waals surface area contributed by atoms with E-state index in [4.69, 9.17) is 4.99 Å². The molecule has 1 atom stereocenters. The maximum absolute atomic E-state index is 4.74. The molecule has 0 bridgehead atoms. The van der Waals surface area contributed by atoms with Crippen LogP contribution < -0.4 is 5.32 Å². The number of thioether (sulfide) groups is 1. The minimum Gasteiger partial charge on any atom is -0.334 e. The molecule has 0 saturated carbocycles. The van der Waals surface area contributed by atoms with Crippen LogP contribution in [-0.4, -0.2) is 16.5 Å². The van der Waals surface area contributed by atoms with Crippen LogP contribution >= 0.6 is 43.6 Å². The lowest BCUT2D eigenvalue weighted by Gasteiger charge is -2.15. The van der Waals surface area contributed by atoms with Crippen LogP contribution in [-0.2, 0) is 0 Å². The molecule has 1 aliphatic rings. The summed E-state index contributed by atoms with van der Waals surface area (Å²) < 4.78 is 2.11. The SMILES string of the molecule is CCC1(C)CSC(Nc2cc(Br)ccc2Br)=N1. The van der Waals surface area contributed by atoms with Gasteiger partial charge in [0, 0.05) is 14.7 Å². The Bertz CT molecular complexity index is 462. The lowest BCUT2D eigenvalue weighted by Crippen LogP contribution is -2.20. The van der Waals surface area contributed by atoms with E-state index < -0.39 is 0 Å². The smallest absolute Gasteiger partial charge is 0.161 e. The highest BCUT2D eigenvalue weighted by molar-refractivity contribution is 9.11. The van der Waals surface area contributed by atoms with Crippen LogP contribution in [0.2, 0.25) is 0 Å². The highest BCUT2D eigenvalue weighted by atomic mass is 79.9. The zero-order valence-electron chi connectivity index (χ0n) is 9.76. The molecule has 0 saturated heterocycles. The van der Waals surface area contributed by atoms with E-state index in [-0.39, 0.29) is 5.54 Å². The Labute approximate surface area is 123 Å². The summed E-state index contributed by atoms with van der Waals surface area (Å²) in [7, 11) is 0. The average Bonchev–Trinajstić information content (AvgIpc) is 2.67. The second-order valence-corrected chi connectivity index (χ2v) is 7.04. The summed E-state index contributed by atoms with van der Waals surface area (Å²) in [5.74, 6) is 1.05. The van der Waals surface area contributed by atoms with E-state index in [0.717, 1.165) is 32.0 Å². The Hall–Kier alpha value is -0.000000000000000111. The second kappa shape index (κ2) is 5.33. The maximum Gasteiger partial charge on any atom is 0.161 e. The Morgan fingerprint density at radius 2 is 2.24 bits per heavy atom. The third-order valence-electron chi connectivity index (χ3n) is 2.82. The van der Waals surface area contributed by atoms with Crippen LogP contribution in [0.5, 0.6) is 0 Å². The minimum atomic E-state index is 0.0888. The number of nitrogens with one attached hydrogen (secondary N) is 1. The summed E-state index contributed by atoms with van der Waals surface area (Å²) >= 11 is 8.80. The molecule has 2 nitrogen and oxygen atoms in total. The molecule has 92 valence electrons. The van der Waals surface area contributed by atoms with E-state index in [0.29, 0.717) is 0 Å². The van der Waals surface area contributed by atoms with Crippen LogP contribution in [0.1, 0.15) is 20.3 Å². The molecule has 0 fully saturated rings. The van der Waals surface area contributed by atoms with E-state index >= 15 is 0 Å². The summed E-state index contributed by atoms with van der Waals surface area (Å²) in [5, 5.41) is 4.38. The molecule has 0 aliphatic carbocycles. The first-order valence-corrected chi connectivity index (χ1v) is 8.04. The third-order valence-corrected chi connectivity index (χ3v) is 5.24. The predicted octanol–water partition coefficient (Wildman–Crippen LogP) is 4.90. The van der Waals surface area contributed by atoms with Gasteiger partial charge in [-0.2, -0.15) is 0 Å². The van der Waals surface area contributed by atoms with Gasteiger partial charge in [0.05, 0.1) is 11.2 Å². The number of rotatable bonds is 2. The number of aliphatic imine (C=N–C) groups is 1. The van der Waals surface area contributed by atoms with Crippen molar-refractivity contribution in [1.82, 2.24) is 0 Å². The van der Waals surface area contributed by atoms with Crippen LogP contribution in [0, 0.1) is 0 Å². The van der Waals surface area contributed by atoms with Crippen LogP contribution in [0.3, 0.4) is 0 Å². The topological polar surface area (TPSA) is 24.4 Å². The van der Waals surface area contributed by atoms with Gasteiger partial charge >= 0.3 is 0 Å². The fourth-order valence-electron chi connectivity index (χ4n) is 1.49. The van der Waals surface area contributed by atoms with E-state index in [9.17, 15) is 0 Å². The zero-order chi connectivity index (χ0) is 12.5. The molecule has 1 heterocycles. The second-order valence-electron chi connectivity index (χ2n) is 4.31. The van der Waals surface area contributed by atoms with Crippen molar-refractivity contribution in [3.05, 3.63) is 27.1 Å². The normalized spacial score (nSPS) is 23.6. The van der Waals surface area contributed by atoms with Crippen molar-refractivity contribution < 1.29 is 0 Å². The molecule has 0 amide bonds. The lowest BCUT2D eigenvalue weighted by molar-refractivity contribution is 0.523. The van der Waals surface area contributed by atoms with Crippen molar-refractivity contribution in [3.8, 4) is 0 Å². The zero-order valence-corrected chi connectivity index (χ0v) is 13.7. The first kappa shape index (κ1) is 13.4. The van der Waals surface area contributed by atoms with Gasteiger partial charge in [-0.1, -0.05) is 34.6 Å². The van der Waals surface area contributed by atoms with Crippen molar-refractivity contribution in [3.63, 3.8) is 0 Å². The Morgan fingerprint density at radius 3 is 2.88 bits per heavy atom. The van der Waals surface area contributed by atoms with Crippen molar-refractivity contribution in [2.45, 2.75) is 25.8 Å². The minimum absolute atomic E-state index is 0.0888. The van der Waals surface area contributed by atoms with Crippen LogP contribution in [0.25, 0.3) is 0 Å². The monoisotopic (exact) mass is 376 g/mol. The highest BCUT2D eigenvalue weighted by Crippen LogP contribution is 2.33. The van der Waals surface area contributed by atoms with Gasteiger partial charge < -0.3 is 5.32 Å². The standard InChI is InChI=1S/C12H14Br2N2S/c1-3-12(2)7-17-11(16-12)15-10-6-8(13)4-5-9(10)14/h4-6H,3,7H2,1-2H3,(H,15,16). The summed E-state index contributed by atoms with van der Waals surface area (Å²) in [6.07, 6.45) is 1.07. The van der Waals surface area contributed by atoms with Gasteiger partial charge in [0.2, 0.25) is 0 Å². The molecule has 1 aromatic carbocycles. The number of hydrogen-bond donors (Lipinski definition) is 1. The van der Waals surface area contributed by atoms with Crippen molar-refractivity contribution in [2.24, 2.45) is 4.99 Å². The summed E-state index contributed by atoms with van der Waals surface area (Å²) in [4.78, 5) is 4.74. The van der Waals surface area contributed by atoms with E-state index in [1.54, 1.807) is 11.8 Å². The number of hydrogen-bond acceptors (Lipinski definition) is 3. The average molecular weight is 378 g/mol. The van der Waals surface area contributed by atoms with E-state index in [1.165, 1.54) is 0 Å². The molecule has 0 aromatic heterocycles. The van der Waals surface area contributed by atoms with Gasteiger partial charge in [0.15, 0.2) is 5.17 Å². The molecule has 17 heavy (non-hydrogen) atoms. The number of nitrogens with zero attached hydrogens (tertiary/aromatic N) is 1. The van der Waals surface area contributed by atoms with Gasteiger partial charge in [0.25, 0.3) is 0 Å². The molecule has 1 aliphatic heterocycles. The molecular weight excluding hydrogens is 364 g/mol. The van der Waals surface area contributed by atoms with Gasteiger partial charge in [-0.05, 0) is 47.5 Å². The number of anilines is 1. The number of amidine groups is 1. The van der Waals surface area contributed by atoms with Gasteiger partial charge in [-0.3, -0.25) is 4.99 Å². The molecule has 1 aromatic rings. The lowest BCUT2D eigenvalue weighted by atomic mass is 10.0. The van der Waals surface area contributed by atoms with Crippen molar-refractivity contribution in [1.29, 1.82) is 0 Å². The summed E-state index contributed by atoms with van der Waals surface area (Å²) in [6, 6.07) is 6.08. The third kappa shape index (κ3) is 3.26. The van der Waals surface area contributed by atoms with Crippen molar-refractivity contribution >= 4 is 54.5 Å². The first-order valence-electron chi connectivity index (χ1n) is 5.47. The molecule has 5 heteroatoms. The molecule has 0 spiro atoms. The molecule has 1 N–H and O–H groups in total. The molecule has 1 unspecified atom stereocenters. The largest absolute Gasteiger partial charge is 0.334 e. The highest BCUT2D eigenvalue weighted by Gasteiger charge is 2.28. The van der Waals surface area contributed by atoms with Crippen molar-refractivity contribution in [2.75, 3.05) is 11.1 Å². The maximum atomic E-state index is 4.74. The Morgan fingerprint density at radius 1 is 1.47 bits per heavy atom. The van der Waals surface area contributed by atoms with Gasteiger partial charge in [-0.15, -0.1) is 0 Å². The summed E-state index contributed by atoms with van der Waals surface area (Å²) in [6.45, 7) is 4.38. The van der Waals surface area contributed by atoms with Gasteiger partial charge in [0.1, 0.15) is 0 Å². The Balaban J connectivity index is 2.17. The molecular formula is C12H14Br2N2S. The fourth-order valence-corrected chi connectivity index (χ4v) is 3.38.